The fraction of sp³-hybridized carbons (Fsp3) is 0.395. The Bertz CT molecular complexity index is 1770. The molecule has 1 saturated carbocycles. The molecule has 2 bridgehead atoms. The number of nitrogens with one attached hydrogen (secondary N) is 1. The molecule has 256 valence electrons. The van der Waals surface area contributed by atoms with Gasteiger partial charge in [-0.3, -0.25) is 19.7 Å². The Balaban J connectivity index is 1.27. The predicted octanol–water partition coefficient (Wildman–Crippen LogP) is 6.69. The van der Waals surface area contributed by atoms with Gasteiger partial charge in [0.1, 0.15) is 17.1 Å². The summed E-state index contributed by atoms with van der Waals surface area (Å²) in [7, 11) is 0. The number of rotatable bonds is 14. The van der Waals surface area contributed by atoms with Crippen LogP contribution in [0.4, 0.5) is 4.39 Å². The van der Waals surface area contributed by atoms with Crippen LogP contribution in [0.5, 0.6) is 5.75 Å². The van der Waals surface area contributed by atoms with Crippen molar-refractivity contribution in [2.75, 3.05) is 13.2 Å². The van der Waals surface area contributed by atoms with E-state index in [1.54, 1.807) is 11.0 Å². The number of halogens is 3. The Labute approximate surface area is 299 Å². The van der Waals surface area contributed by atoms with Crippen molar-refractivity contribution in [2.24, 2.45) is 0 Å². The van der Waals surface area contributed by atoms with Crippen LogP contribution in [0.1, 0.15) is 67.7 Å². The number of carboxylic acids is 1. The van der Waals surface area contributed by atoms with Crippen molar-refractivity contribution in [3.8, 4) is 17.6 Å². The lowest BCUT2D eigenvalue weighted by molar-refractivity contribution is -0.151. The van der Waals surface area contributed by atoms with Gasteiger partial charge in [-0.05, 0) is 82.9 Å². The van der Waals surface area contributed by atoms with Gasteiger partial charge in [0, 0.05) is 49.5 Å². The zero-order chi connectivity index (χ0) is 34.5. The molecule has 2 fully saturated rings. The maximum absolute atomic E-state index is 15.0. The van der Waals surface area contributed by atoms with Crippen molar-refractivity contribution >= 4 is 45.3 Å². The summed E-state index contributed by atoms with van der Waals surface area (Å²) in [5, 5.41) is 13.4. The van der Waals surface area contributed by atoms with Gasteiger partial charge in [-0.15, -0.1) is 0 Å². The van der Waals surface area contributed by atoms with E-state index in [0.717, 1.165) is 29.5 Å². The van der Waals surface area contributed by atoms with Gasteiger partial charge in [0.05, 0.1) is 23.2 Å². The number of benzene rings is 3. The maximum Gasteiger partial charge on any atom is 0.303 e. The van der Waals surface area contributed by atoms with Gasteiger partial charge in [0.25, 0.3) is 0 Å². The van der Waals surface area contributed by atoms with Crippen molar-refractivity contribution in [2.45, 2.75) is 81.6 Å². The van der Waals surface area contributed by atoms with Gasteiger partial charge in [0.15, 0.2) is 0 Å². The zero-order valence-corrected chi connectivity index (χ0v) is 29.3. The number of carboxylic acid groups (broad SMARTS) is 1. The first-order chi connectivity index (χ1) is 23.6. The third-order valence-corrected chi connectivity index (χ3v) is 10.3. The molecular weight excluding hydrogens is 713 g/mol. The van der Waals surface area contributed by atoms with Crippen LogP contribution in [0.25, 0.3) is 0 Å². The van der Waals surface area contributed by atoms with Crippen LogP contribution in [0.2, 0.25) is 5.02 Å². The van der Waals surface area contributed by atoms with E-state index in [1.807, 2.05) is 53.4 Å². The van der Waals surface area contributed by atoms with Crippen LogP contribution in [0.3, 0.4) is 0 Å². The normalized spacial score (nSPS) is 21.0. The van der Waals surface area contributed by atoms with Gasteiger partial charge in [-0.2, -0.15) is 0 Å². The minimum Gasteiger partial charge on any atom is -0.492 e. The number of hydrogen-bond donors (Lipinski definition) is 2. The molecule has 6 rings (SSSR count). The number of ether oxygens (including phenoxy) is 1. The molecule has 8 nitrogen and oxygen atoms in total. The number of fused-ring (bicyclic) bond motifs is 2. The molecule has 49 heavy (non-hydrogen) atoms. The quantitative estimate of drug-likeness (QED) is 0.141. The van der Waals surface area contributed by atoms with E-state index < -0.39 is 23.6 Å². The van der Waals surface area contributed by atoms with Gasteiger partial charge in [0.2, 0.25) is 11.8 Å². The molecule has 2 amide bonds. The highest BCUT2D eigenvalue weighted by atomic mass is 79.9. The summed E-state index contributed by atoms with van der Waals surface area (Å²) in [6.07, 6.45) is 3.54. The number of aryl methyl sites for hydroxylation is 1. The van der Waals surface area contributed by atoms with Crippen LogP contribution in [-0.2, 0) is 27.3 Å². The van der Waals surface area contributed by atoms with Crippen molar-refractivity contribution in [3.05, 3.63) is 98.7 Å². The number of hydrogen-bond acceptors (Lipinski definition) is 5. The van der Waals surface area contributed by atoms with Gasteiger partial charge in [-0.25, -0.2) is 4.39 Å². The van der Waals surface area contributed by atoms with E-state index in [2.05, 4.69) is 33.1 Å². The lowest BCUT2D eigenvalue weighted by Gasteiger charge is -2.53. The standard InChI is InChI=1S/C38H38BrClFN3O5/c39-31-19-16-28(41)22-33(31)49-21-5-6-25-12-14-26(15-13-25)36-38(37(48)43(30-17-18-30)23-27-7-1-2-9-32(27)40)20-4-8-29(42-38)24-44(36)34(45)10-3-11-35(46)47/h1-2,7,9,12-16,19,22,29-30,36,42H,3,5-6,10-11,17-18,20-21,23-24H2,(H,46,47)/t29-,36?,38+/m0/s1. The molecule has 11 heteroatoms. The summed E-state index contributed by atoms with van der Waals surface area (Å²) in [6.45, 7) is 1.02. The number of amides is 2. The smallest absolute Gasteiger partial charge is 0.303 e. The third-order valence-electron chi connectivity index (χ3n) is 9.32. The van der Waals surface area contributed by atoms with Gasteiger partial charge >= 0.3 is 5.97 Å². The molecule has 0 aromatic heterocycles. The zero-order valence-electron chi connectivity index (χ0n) is 27.0. The number of aliphatic carboxylic acids is 1. The molecule has 3 aromatic carbocycles. The Morgan fingerprint density at radius 3 is 2.59 bits per heavy atom. The van der Waals surface area contributed by atoms with Crippen molar-refractivity contribution in [3.63, 3.8) is 0 Å². The molecule has 1 aliphatic carbocycles. The Morgan fingerprint density at radius 2 is 1.86 bits per heavy atom. The monoisotopic (exact) mass is 749 g/mol. The first-order valence-corrected chi connectivity index (χ1v) is 17.8. The second-order valence-electron chi connectivity index (χ2n) is 12.9. The fourth-order valence-electron chi connectivity index (χ4n) is 6.78. The van der Waals surface area contributed by atoms with E-state index in [1.165, 1.54) is 12.1 Å². The molecule has 2 aliphatic heterocycles. The number of piperazine rings is 1. The molecule has 1 saturated heterocycles. The van der Waals surface area contributed by atoms with E-state index in [9.17, 15) is 23.9 Å². The third kappa shape index (κ3) is 8.12. The van der Waals surface area contributed by atoms with Crippen molar-refractivity contribution < 1.29 is 28.6 Å². The average molecular weight is 751 g/mol. The Morgan fingerprint density at radius 1 is 1.08 bits per heavy atom. The molecule has 2 heterocycles. The van der Waals surface area contributed by atoms with E-state index >= 15 is 0 Å². The summed E-state index contributed by atoms with van der Waals surface area (Å²) in [5.41, 5.74) is 1.49. The number of carbonyl (C=O) groups is 3. The molecule has 2 N–H and O–H groups in total. The number of carbonyl (C=O) groups excluding carboxylic acids is 2. The van der Waals surface area contributed by atoms with Crippen molar-refractivity contribution in [1.82, 2.24) is 15.1 Å². The van der Waals surface area contributed by atoms with Crippen molar-refractivity contribution in [1.29, 1.82) is 0 Å². The SMILES string of the molecule is O=C(O)CCCC(=O)N1C[C@@H]2C#CC[C@@](C(=O)N(Cc3ccccc3Cl)C3CC3)(N2)C1c1ccc(CCCOc2cc(F)ccc2Br)cc1. The molecule has 3 aliphatic rings. The largest absolute Gasteiger partial charge is 0.492 e. The van der Waals surface area contributed by atoms with Gasteiger partial charge in [-0.1, -0.05) is 65.9 Å². The molecule has 3 atom stereocenters. The summed E-state index contributed by atoms with van der Waals surface area (Å²) in [6, 6.07) is 18.8. The molecule has 0 radical (unpaired) electrons. The minimum absolute atomic E-state index is 0.0543. The highest BCUT2D eigenvalue weighted by molar-refractivity contribution is 9.10. The van der Waals surface area contributed by atoms with Crippen LogP contribution in [0.15, 0.2) is 71.2 Å². The van der Waals surface area contributed by atoms with E-state index in [4.69, 9.17) is 16.3 Å². The topological polar surface area (TPSA) is 99.2 Å². The molecule has 0 spiro atoms. The number of nitrogens with zero attached hydrogens (tertiary/aromatic N) is 2. The predicted molar refractivity (Wildman–Crippen MR) is 187 cm³/mol. The second kappa shape index (κ2) is 15.3. The Hall–Kier alpha value is -3.91. The summed E-state index contributed by atoms with van der Waals surface area (Å²) in [4.78, 5) is 43.8. The first-order valence-electron chi connectivity index (χ1n) is 16.6. The highest BCUT2D eigenvalue weighted by Gasteiger charge is 2.57. The second-order valence-corrected chi connectivity index (χ2v) is 14.1. The first kappa shape index (κ1) is 34.9. The van der Waals surface area contributed by atoms with E-state index in [-0.39, 0.29) is 55.9 Å². The summed E-state index contributed by atoms with van der Waals surface area (Å²) in [5.74, 6) is 5.23. The Kier molecular flexibility index (Phi) is 10.9. The fourth-order valence-corrected chi connectivity index (χ4v) is 7.33. The van der Waals surface area contributed by atoms with Crippen LogP contribution in [0, 0.1) is 17.7 Å². The minimum atomic E-state index is -1.21. The van der Waals surface area contributed by atoms with Crippen LogP contribution in [-0.4, -0.2) is 63.5 Å². The highest BCUT2D eigenvalue weighted by Crippen LogP contribution is 2.43. The molecule has 3 aromatic rings. The van der Waals surface area contributed by atoms with Crippen LogP contribution >= 0.6 is 27.5 Å². The molecule has 1 unspecified atom stereocenters. The maximum atomic E-state index is 15.0. The lowest BCUT2D eigenvalue weighted by atomic mass is 9.75. The lowest BCUT2D eigenvalue weighted by Crippen LogP contribution is -2.73. The summed E-state index contributed by atoms with van der Waals surface area (Å²) >= 11 is 9.94. The molecular formula is C38H38BrClFN3O5. The van der Waals surface area contributed by atoms with E-state index in [0.29, 0.717) is 41.2 Å². The summed E-state index contributed by atoms with van der Waals surface area (Å²) < 4.78 is 20.1. The van der Waals surface area contributed by atoms with Crippen LogP contribution < -0.4 is 10.1 Å². The average Bonchev–Trinajstić information content (AvgIpc) is 3.93. The van der Waals surface area contributed by atoms with Gasteiger partial charge < -0.3 is 19.6 Å².